The lowest BCUT2D eigenvalue weighted by atomic mass is 9.93. The number of hydrogen-bond donors (Lipinski definition) is 1. The highest BCUT2D eigenvalue weighted by Gasteiger charge is 2.22. The fourth-order valence-corrected chi connectivity index (χ4v) is 2.55. The van der Waals surface area contributed by atoms with Gasteiger partial charge in [-0.15, -0.1) is 11.3 Å². The van der Waals surface area contributed by atoms with E-state index in [1.165, 1.54) is 24.7 Å². The van der Waals surface area contributed by atoms with E-state index in [2.05, 4.69) is 25.8 Å². The van der Waals surface area contributed by atoms with E-state index in [1.54, 1.807) is 9.78 Å². The largest absolute Gasteiger partial charge is 0.503 e. The minimum absolute atomic E-state index is 0.0721. The molecular weight excluding hydrogens is 264 g/mol. The number of thiazole rings is 1. The van der Waals surface area contributed by atoms with Crippen molar-refractivity contribution in [3.63, 3.8) is 0 Å². The molecule has 2 aromatic rings. The number of carboxylic acids is 1. The van der Waals surface area contributed by atoms with Gasteiger partial charge in [-0.2, -0.15) is 0 Å². The molecule has 5 nitrogen and oxygen atoms in total. The van der Waals surface area contributed by atoms with Gasteiger partial charge in [-0.05, 0) is 0 Å². The van der Waals surface area contributed by atoms with Crippen LogP contribution in [0.25, 0.3) is 10.5 Å². The second kappa shape index (κ2) is 4.70. The molecule has 0 bridgehead atoms. The van der Waals surface area contributed by atoms with E-state index >= 15 is 0 Å². The van der Waals surface area contributed by atoms with Gasteiger partial charge >= 0.3 is 5.97 Å². The molecule has 102 valence electrons. The molecule has 0 saturated heterocycles. The second-order valence-electron chi connectivity index (χ2n) is 5.22. The normalized spacial score (nSPS) is 12.9. The van der Waals surface area contributed by atoms with Gasteiger partial charge in [-0.1, -0.05) is 20.8 Å². The summed E-state index contributed by atoms with van der Waals surface area (Å²) in [6.45, 7) is 6.21. The summed E-state index contributed by atoms with van der Waals surface area (Å²) < 4.78 is 6.64. The van der Waals surface area contributed by atoms with Crippen molar-refractivity contribution in [2.75, 3.05) is 7.11 Å². The lowest BCUT2D eigenvalue weighted by molar-refractivity contribution is -0.130. The van der Waals surface area contributed by atoms with Gasteiger partial charge in [-0.3, -0.25) is 4.40 Å². The Morgan fingerprint density at radius 1 is 1.53 bits per heavy atom. The van der Waals surface area contributed by atoms with Gasteiger partial charge in [0, 0.05) is 17.0 Å². The first kappa shape index (κ1) is 13.6. The maximum atomic E-state index is 11.3. The molecule has 0 spiro atoms. The van der Waals surface area contributed by atoms with E-state index in [0.29, 0.717) is 5.69 Å². The molecule has 0 aromatic carbocycles. The first-order valence-corrected chi connectivity index (χ1v) is 6.66. The molecule has 0 radical (unpaired) electrons. The molecule has 0 aliphatic heterocycles. The average Bonchev–Trinajstić information content (AvgIpc) is 2.84. The van der Waals surface area contributed by atoms with Gasteiger partial charge in [0.25, 0.3) is 0 Å². The minimum atomic E-state index is -1.02. The quantitative estimate of drug-likeness (QED) is 0.693. The molecule has 0 fully saturated rings. The molecule has 0 aliphatic carbocycles. The zero-order valence-corrected chi connectivity index (χ0v) is 12.1. The van der Waals surface area contributed by atoms with E-state index < -0.39 is 5.97 Å². The summed E-state index contributed by atoms with van der Waals surface area (Å²) in [5.74, 6) is -1.02. The van der Waals surface area contributed by atoms with Crippen LogP contribution < -0.4 is 0 Å². The van der Waals surface area contributed by atoms with Gasteiger partial charge < -0.3 is 9.84 Å². The molecule has 0 atom stereocenters. The Morgan fingerprint density at radius 2 is 2.21 bits per heavy atom. The summed E-state index contributed by atoms with van der Waals surface area (Å²) in [7, 11) is 1.43. The minimum Gasteiger partial charge on any atom is -0.503 e. The molecule has 0 amide bonds. The Balaban J connectivity index is 2.59. The number of imidazole rings is 1. The van der Waals surface area contributed by atoms with Crippen LogP contribution in [-0.4, -0.2) is 27.6 Å². The lowest BCUT2D eigenvalue weighted by Crippen LogP contribution is -2.11. The van der Waals surface area contributed by atoms with Crippen molar-refractivity contribution >= 4 is 27.8 Å². The van der Waals surface area contributed by atoms with Crippen molar-refractivity contribution in [1.29, 1.82) is 0 Å². The summed E-state index contributed by atoms with van der Waals surface area (Å²) in [5.41, 5.74) is 1.56. The van der Waals surface area contributed by atoms with Crippen LogP contribution in [0.3, 0.4) is 0 Å². The number of ether oxygens (including phenoxy) is 1. The summed E-state index contributed by atoms with van der Waals surface area (Å²) in [6, 6.07) is 0. The Morgan fingerprint density at radius 3 is 2.74 bits per heavy atom. The monoisotopic (exact) mass is 280 g/mol. The summed E-state index contributed by atoms with van der Waals surface area (Å²) in [4.78, 5) is 16.6. The molecule has 0 aliphatic rings. The number of nitrogens with zero attached hydrogens (tertiary/aromatic N) is 2. The summed E-state index contributed by atoms with van der Waals surface area (Å²) in [5, 5.41) is 11.0. The third-order valence-corrected chi connectivity index (χ3v) is 3.56. The van der Waals surface area contributed by atoms with Crippen LogP contribution in [0.2, 0.25) is 0 Å². The van der Waals surface area contributed by atoms with Crippen LogP contribution in [0.5, 0.6) is 0 Å². The number of aromatic nitrogens is 2. The smallest absolute Gasteiger partial charge is 0.341 e. The van der Waals surface area contributed by atoms with Crippen LogP contribution in [0, 0.1) is 0 Å². The van der Waals surface area contributed by atoms with E-state index in [9.17, 15) is 9.90 Å². The van der Waals surface area contributed by atoms with Gasteiger partial charge in [0.15, 0.2) is 4.96 Å². The number of rotatable bonds is 3. The topological polar surface area (TPSA) is 63.8 Å². The van der Waals surface area contributed by atoms with E-state index in [1.807, 2.05) is 6.20 Å². The maximum absolute atomic E-state index is 11.3. The first-order valence-electron chi connectivity index (χ1n) is 5.78. The molecule has 6 heteroatoms. The zero-order chi connectivity index (χ0) is 14.2. The summed E-state index contributed by atoms with van der Waals surface area (Å²) >= 11 is 1.41. The number of fused-ring (bicyclic) bond motifs is 1. The van der Waals surface area contributed by atoms with Crippen LogP contribution in [0.4, 0.5) is 0 Å². The number of aliphatic carboxylic acids is 1. The Labute approximate surface area is 115 Å². The Hall–Kier alpha value is -1.82. The van der Waals surface area contributed by atoms with Crippen LogP contribution in [-0.2, 0) is 14.9 Å². The highest BCUT2D eigenvalue weighted by atomic mass is 32.1. The second-order valence-corrected chi connectivity index (χ2v) is 6.06. The predicted octanol–water partition coefficient (Wildman–Crippen LogP) is 2.77. The third kappa shape index (κ3) is 2.49. The van der Waals surface area contributed by atoms with Crippen molar-refractivity contribution in [3.8, 4) is 0 Å². The van der Waals surface area contributed by atoms with E-state index in [4.69, 9.17) is 4.74 Å². The zero-order valence-electron chi connectivity index (χ0n) is 11.3. The van der Waals surface area contributed by atoms with Gasteiger partial charge in [0.05, 0.1) is 24.8 Å². The van der Waals surface area contributed by atoms with Crippen LogP contribution in [0.15, 0.2) is 17.8 Å². The number of hydrogen-bond acceptors (Lipinski definition) is 4. The predicted molar refractivity (Wildman–Crippen MR) is 74.4 cm³/mol. The fourth-order valence-electron chi connectivity index (χ4n) is 1.68. The van der Waals surface area contributed by atoms with Crippen LogP contribution in [0.1, 0.15) is 32.2 Å². The summed E-state index contributed by atoms with van der Waals surface area (Å²) in [6.07, 6.45) is 3.12. The molecule has 0 saturated carbocycles. The van der Waals surface area contributed by atoms with E-state index in [0.717, 1.165) is 10.7 Å². The van der Waals surface area contributed by atoms with E-state index in [-0.39, 0.29) is 11.0 Å². The Bertz CT molecular complexity index is 646. The lowest BCUT2D eigenvalue weighted by Gasteiger charge is -2.13. The van der Waals surface area contributed by atoms with Gasteiger partial charge in [0.1, 0.15) is 5.57 Å². The molecule has 1 N–H and O–H groups in total. The van der Waals surface area contributed by atoms with Crippen molar-refractivity contribution < 1.29 is 14.6 Å². The molecule has 19 heavy (non-hydrogen) atoms. The van der Waals surface area contributed by atoms with Gasteiger partial charge in [-0.25, -0.2) is 9.78 Å². The SMILES string of the molecule is CO/C=C(\C(=O)O)c1csc2nc(C(C)(C)C)cn12. The maximum Gasteiger partial charge on any atom is 0.341 e. The standard InChI is InChI=1S/C13H16N2O3S/c1-13(2,3)10-5-15-9(7-19-12(15)14-10)8(6-18-4)11(16)17/h5-7H,1-4H3,(H,16,17)/b8-6-. The van der Waals surface area contributed by atoms with Gasteiger partial charge in [0.2, 0.25) is 0 Å². The Kier molecular flexibility index (Phi) is 3.36. The number of carboxylic acid groups (broad SMARTS) is 1. The number of carbonyl (C=O) groups is 1. The van der Waals surface area contributed by atoms with Crippen molar-refractivity contribution in [2.45, 2.75) is 26.2 Å². The first-order chi connectivity index (χ1) is 8.84. The molecular formula is C13H16N2O3S. The van der Waals surface area contributed by atoms with Crippen molar-refractivity contribution in [1.82, 2.24) is 9.38 Å². The number of methoxy groups -OCH3 is 1. The third-order valence-electron chi connectivity index (χ3n) is 2.72. The highest BCUT2D eigenvalue weighted by Crippen LogP contribution is 2.28. The average molecular weight is 280 g/mol. The van der Waals surface area contributed by atoms with Crippen molar-refractivity contribution in [3.05, 3.63) is 29.2 Å². The molecule has 2 heterocycles. The molecule has 0 unspecified atom stereocenters. The molecule has 2 aromatic heterocycles. The highest BCUT2D eigenvalue weighted by molar-refractivity contribution is 7.15. The fraction of sp³-hybridized carbons (Fsp3) is 0.385. The van der Waals surface area contributed by atoms with Crippen LogP contribution >= 0.6 is 11.3 Å². The van der Waals surface area contributed by atoms with Crippen molar-refractivity contribution in [2.24, 2.45) is 0 Å². The molecule has 2 rings (SSSR count).